The van der Waals surface area contributed by atoms with Crippen molar-refractivity contribution in [2.75, 3.05) is 7.11 Å². The van der Waals surface area contributed by atoms with Gasteiger partial charge in [-0.15, -0.1) is 0 Å². The maximum absolute atomic E-state index is 12.0. The summed E-state index contributed by atoms with van der Waals surface area (Å²) in [6, 6.07) is 9.52. The van der Waals surface area contributed by atoms with Crippen LogP contribution in [0.15, 0.2) is 42.5 Å². The van der Waals surface area contributed by atoms with Gasteiger partial charge in [-0.1, -0.05) is 36.9 Å². The molecule has 0 bridgehead atoms. The second-order valence-electron chi connectivity index (χ2n) is 4.47. The largest absolute Gasteiger partial charge is 0.467 e. The van der Waals surface area contributed by atoms with Crippen LogP contribution in [0.5, 0.6) is 0 Å². The molecule has 1 aromatic carbocycles. The summed E-state index contributed by atoms with van der Waals surface area (Å²) in [6.07, 6.45) is 0.693. The summed E-state index contributed by atoms with van der Waals surface area (Å²) >= 11 is 0. The molecule has 94 valence electrons. The number of carbonyl (C=O) groups is 2. The summed E-state index contributed by atoms with van der Waals surface area (Å²) in [6.45, 7) is 3.67. The molecule has 0 aromatic heterocycles. The van der Waals surface area contributed by atoms with Gasteiger partial charge in [0.15, 0.2) is 0 Å². The highest BCUT2D eigenvalue weighted by Crippen LogP contribution is 2.28. The minimum atomic E-state index is -1.01. The van der Waals surface area contributed by atoms with Crippen molar-refractivity contribution in [2.24, 2.45) is 0 Å². The standard InChI is InChI=1S/C14H15NO3/c1-10-8-14(13(17)18-2,15-12(10)16)9-11-6-4-3-5-7-11/h3-7H,1,8-9H2,2H3,(H,15,16)/t14-/m1/s1. The number of rotatable bonds is 3. The molecule has 0 spiro atoms. The van der Waals surface area contributed by atoms with Gasteiger partial charge in [-0.25, -0.2) is 4.79 Å². The van der Waals surface area contributed by atoms with Crippen LogP contribution in [0, 0.1) is 0 Å². The zero-order valence-corrected chi connectivity index (χ0v) is 10.2. The van der Waals surface area contributed by atoms with Crippen LogP contribution in [0.1, 0.15) is 12.0 Å². The van der Waals surface area contributed by atoms with E-state index in [9.17, 15) is 9.59 Å². The van der Waals surface area contributed by atoms with Gasteiger partial charge in [-0.05, 0) is 5.56 Å². The molecule has 1 amide bonds. The Hall–Kier alpha value is -2.10. The number of methoxy groups -OCH3 is 1. The highest BCUT2D eigenvalue weighted by atomic mass is 16.5. The van der Waals surface area contributed by atoms with Crippen LogP contribution in [0.25, 0.3) is 0 Å². The number of ether oxygens (including phenoxy) is 1. The van der Waals surface area contributed by atoms with Gasteiger partial charge in [-0.3, -0.25) is 4.79 Å². The highest BCUT2D eigenvalue weighted by Gasteiger charge is 2.47. The molecule has 18 heavy (non-hydrogen) atoms. The van der Waals surface area contributed by atoms with E-state index in [0.29, 0.717) is 12.0 Å². The molecule has 0 radical (unpaired) electrons. The fourth-order valence-electron chi connectivity index (χ4n) is 2.24. The molecule has 0 saturated carbocycles. The molecule has 4 heteroatoms. The number of hydrogen-bond donors (Lipinski definition) is 1. The first-order valence-corrected chi connectivity index (χ1v) is 5.70. The van der Waals surface area contributed by atoms with E-state index in [1.165, 1.54) is 7.11 Å². The lowest BCUT2D eigenvalue weighted by molar-refractivity contribution is -0.149. The van der Waals surface area contributed by atoms with E-state index in [0.717, 1.165) is 5.56 Å². The van der Waals surface area contributed by atoms with E-state index in [2.05, 4.69) is 11.9 Å². The van der Waals surface area contributed by atoms with E-state index in [4.69, 9.17) is 4.74 Å². The third kappa shape index (κ3) is 2.14. The predicted octanol–water partition coefficient (Wildman–Crippen LogP) is 1.22. The molecule has 1 heterocycles. The van der Waals surface area contributed by atoms with Crippen molar-refractivity contribution in [3.63, 3.8) is 0 Å². The molecular weight excluding hydrogens is 230 g/mol. The fourth-order valence-corrected chi connectivity index (χ4v) is 2.24. The minimum absolute atomic E-state index is 0.281. The number of benzene rings is 1. The molecule has 1 saturated heterocycles. The van der Waals surface area contributed by atoms with Gasteiger partial charge >= 0.3 is 5.97 Å². The van der Waals surface area contributed by atoms with Gasteiger partial charge in [-0.2, -0.15) is 0 Å². The zero-order chi connectivity index (χ0) is 13.2. The normalized spacial score (nSPS) is 22.7. The third-order valence-electron chi connectivity index (χ3n) is 3.11. The number of nitrogens with one attached hydrogen (secondary N) is 1. The first-order chi connectivity index (χ1) is 8.57. The van der Waals surface area contributed by atoms with Crippen LogP contribution in [-0.4, -0.2) is 24.5 Å². The maximum atomic E-state index is 12.0. The molecule has 0 unspecified atom stereocenters. The Morgan fingerprint density at radius 3 is 2.61 bits per heavy atom. The van der Waals surface area contributed by atoms with E-state index in [1.54, 1.807) is 0 Å². The molecule has 0 aliphatic carbocycles. The van der Waals surface area contributed by atoms with Crippen molar-refractivity contribution in [2.45, 2.75) is 18.4 Å². The van der Waals surface area contributed by atoms with Crippen molar-refractivity contribution < 1.29 is 14.3 Å². The molecular formula is C14H15NO3. The second-order valence-corrected chi connectivity index (χ2v) is 4.47. The summed E-state index contributed by atoms with van der Waals surface area (Å²) in [5.41, 5.74) is 0.374. The van der Waals surface area contributed by atoms with Crippen LogP contribution in [-0.2, 0) is 20.7 Å². The quantitative estimate of drug-likeness (QED) is 0.643. The number of hydrogen-bond acceptors (Lipinski definition) is 3. The molecule has 1 aromatic rings. The Morgan fingerprint density at radius 2 is 2.11 bits per heavy atom. The molecule has 1 atom stereocenters. The van der Waals surface area contributed by atoms with Gasteiger partial charge in [0, 0.05) is 18.4 Å². The van der Waals surface area contributed by atoms with Crippen molar-refractivity contribution in [1.29, 1.82) is 0 Å². The summed E-state index contributed by atoms with van der Waals surface area (Å²) < 4.78 is 4.81. The number of carbonyl (C=O) groups excluding carboxylic acids is 2. The van der Waals surface area contributed by atoms with Crippen molar-refractivity contribution in [3.05, 3.63) is 48.0 Å². The van der Waals surface area contributed by atoms with Crippen molar-refractivity contribution in [3.8, 4) is 0 Å². The molecule has 1 N–H and O–H groups in total. The van der Waals surface area contributed by atoms with Gasteiger partial charge in [0.05, 0.1) is 7.11 Å². The Kier molecular flexibility index (Phi) is 3.19. The summed E-state index contributed by atoms with van der Waals surface area (Å²) in [4.78, 5) is 23.5. The van der Waals surface area contributed by atoms with Crippen LogP contribution in [0.3, 0.4) is 0 Å². The Morgan fingerprint density at radius 1 is 1.44 bits per heavy atom. The van der Waals surface area contributed by atoms with E-state index in [1.807, 2.05) is 30.3 Å². The SMILES string of the molecule is C=C1C[C@@](Cc2ccccc2)(C(=O)OC)NC1=O. The average molecular weight is 245 g/mol. The summed E-state index contributed by atoms with van der Waals surface area (Å²) in [5.74, 6) is -0.713. The van der Waals surface area contributed by atoms with E-state index >= 15 is 0 Å². The van der Waals surface area contributed by atoms with Crippen LogP contribution in [0.4, 0.5) is 0 Å². The first kappa shape index (κ1) is 12.4. The zero-order valence-electron chi connectivity index (χ0n) is 10.2. The molecule has 1 aliphatic rings. The number of esters is 1. The van der Waals surface area contributed by atoms with E-state index in [-0.39, 0.29) is 12.3 Å². The van der Waals surface area contributed by atoms with Crippen LogP contribution < -0.4 is 5.32 Å². The number of amides is 1. The fraction of sp³-hybridized carbons (Fsp3) is 0.286. The Bertz CT molecular complexity index is 477. The second kappa shape index (κ2) is 4.64. The maximum Gasteiger partial charge on any atom is 0.332 e. The minimum Gasteiger partial charge on any atom is -0.467 e. The average Bonchev–Trinajstić information content (AvgIpc) is 2.66. The topological polar surface area (TPSA) is 55.4 Å². The summed E-state index contributed by atoms with van der Waals surface area (Å²) in [7, 11) is 1.32. The van der Waals surface area contributed by atoms with Crippen molar-refractivity contribution in [1.82, 2.24) is 5.32 Å². The lowest BCUT2D eigenvalue weighted by atomic mass is 9.88. The van der Waals surface area contributed by atoms with E-state index < -0.39 is 11.5 Å². The van der Waals surface area contributed by atoms with Gasteiger partial charge in [0.25, 0.3) is 0 Å². The van der Waals surface area contributed by atoms with Gasteiger partial charge < -0.3 is 10.1 Å². The van der Waals surface area contributed by atoms with Crippen LogP contribution >= 0.6 is 0 Å². The summed E-state index contributed by atoms with van der Waals surface area (Å²) in [5, 5.41) is 2.70. The van der Waals surface area contributed by atoms with Crippen LogP contribution in [0.2, 0.25) is 0 Å². The first-order valence-electron chi connectivity index (χ1n) is 5.70. The molecule has 4 nitrogen and oxygen atoms in total. The highest BCUT2D eigenvalue weighted by molar-refractivity contribution is 6.02. The Balaban J connectivity index is 2.30. The molecule has 2 rings (SSSR count). The lowest BCUT2D eigenvalue weighted by Gasteiger charge is -2.25. The van der Waals surface area contributed by atoms with Gasteiger partial charge in [0.2, 0.25) is 5.91 Å². The van der Waals surface area contributed by atoms with Crippen molar-refractivity contribution >= 4 is 11.9 Å². The van der Waals surface area contributed by atoms with Gasteiger partial charge in [0.1, 0.15) is 5.54 Å². The molecule has 1 aliphatic heterocycles. The Labute approximate surface area is 106 Å². The third-order valence-corrected chi connectivity index (χ3v) is 3.11. The monoisotopic (exact) mass is 245 g/mol. The molecule has 1 fully saturated rings. The predicted molar refractivity (Wildman–Crippen MR) is 66.8 cm³/mol. The smallest absolute Gasteiger partial charge is 0.332 e. The lowest BCUT2D eigenvalue weighted by Crippen LogP contribution is -2.51.